The third-order valence-corrected chi connectivity index (χ3v) is 4.51. The summed E-state index contributed by atoms with van der Waals surface area (Å²) in [5.74, 6) is -0.785. The SMILES string of the molecule is C[C@@H](N[C@H](C)c1ccc(Cl)cc1)C(=O)Nc1sccc1C(N)=O. The first-order valence-electron chi connectivity index (χ1n) is 7.08. The topological polar surface area (TPSA) is 84.2 Å². The summed E-state index contributed by atoms with van der Waals surface area (Å²) < 4.78 is 0. The van der Waals surface area contributed by atoms with Crippen molar-refractivity contribution in [3.05, 3.63) is 51.9 Å². The van der Waals surface area contributed by atoms with Crippen molar-refractivity contribution >= 4 is 39.8 Å². The molecule has 122 valence electrons. The van der Waals surface area contributed by atoms with Crippen LogP contribution in [0.15, 0.2) is 35.7 Å². The molecule has 5 nitrogen and oxygen atoms in total. The Bertz CT molecular complexity index is 700. The van der Waals surface area contributed by atoms with E-state index in [1.807, 2.05) is 31.2 Å². The maximum Gasteiger partial charge on any atom is 0.251 e. The zero-order chi connectivity index (χ0) is 17.0. The lowest BCUT2D eigenvalue weighted by Crippen LogP contribution is -2.39. The van der Waals surface area contributed by atoms with Crippen molar-refractivity contribution in [1.82, 2.24) is 5.32 Å². The molecule has 23 heavy (non-hydrogen) atoms. The van der Waals surface area contributed by atoms with E-state index in [4.69, 9.17) is 17.3 Å². The van der Waals surface area contributed by atoms with Crippen LogP contribution in [-0.2, 0) is 4.79 Å². The van der Waals surface area contributed by atoms with Crippen molar-refractivity contribution in [1.29, 1.82) is 0 Å². The molecule has 0 aliphatic carbocycles. The Hall–Kier alpha value is -1.89. The summed E-state index contributed by atoms with van der Waals surface area (Å²) in [6, 6.07) is 8.58. The largest absolute Gasteiger partial charge is 0.366 e. The van der Waals surface area contributed by atoms with E-state index >= 15 is 0 Å². The van der Waals surface area contributed by atoms with Crippen LogP contribution in [-0.4, -0.2) is 17.9 Å². The minimum Gasteiger partial charge on any atom is -0.366 e. The highest BCUT2D eigenvalue weighted by atomic mass is 35.5. The van der Waals surface area contributed by atoms with Gasteiger partial charge in [0.2, 0.25) is 5.91 Å². The molecule has 4 N–H and O–H groups in total. The molecule has 0 radical (unpaired) electrons. The normalized spacial score (nSPS) is 13.3. The van der Waals surface area contributed by atoms with Crippen molar-refractivity contribution in [2.24, 2.45) is 5.73 Å². The molecule has 0 fully saturated rings. The summed E-state index contributed by atoms with van der Waals surface area (Å²) in [5, 5.41) is 8.79. The number of hydrogen-bond acceptors (Lipinski definition) is 4. The molecule has 2 amide bonds. The number of benzene rings is 1. The number of nitrogens with one attached hydrogen (secondary N) is 2. The molecule has 1 aromatic heterocycles. The van der Waals surface area contributed by atoms with Crippen LogP contribution in [0.4, 0.5) is 5.00 Å². The fraction of sp³-hybridized carbons (Fsp3) is 0.250. The first-order chi connectivity index (χ1) is 10.9. The first-order valence-corrected chi connectivity index (χ1v) is 8.34. The predicted molar refractivity (Wildman–Crippen MR) is 93.9 cm³/mol. The molecular weight excluding hydrogens is 334 g/mol. The molecule has 2 aromatic rings. The average molecular weight is 352 g/mol. The zero-order valence-electron chi connectivity index (χ0n) is 12.8. The number of amides is 2. The monoisotopic (exact) mass is 351 g/mol. The molecule has 0 aliphatic rings. The van der Waals surface area contributed by atoms with Gasteiger partial charge in [-0.1, -0.05) is 23.7 Å². The molecule has 7 heteroatoms. The Kier molecular flexibility index (Phi) is 5.76. The van der Waals surface area contributed by atoms with E-state index < -0.39 is 11.9 Å². The second kappa shape index (κ2) is 7.59. The van der Waals surface area contributed by atoms with Gasteiger partial charge in [-0.15, -0.1) is 11.3 Å². The summed E-state index contributed by atoms with van der Waals surface area (Å²) in [7, 11) is 0. The van der Waals surface area contributed by atoms with Crippen molar-refractivity contribution < 1.29 is 9.59 Å². The third kappa shape index (κ3) is 4.54. The fourth-order valence-electron chi connectivity index (χ4n) is 2.12. The lowest BCUT2D eigenvalue weighted by atomic mass is 10.1. The molecule has 2 rings (SSSR count). The Balaban J connectivity index is 1.98. The van der Waals surface area contributed by atoms with Crippen LogP contribution in [0.1, 0.15) is 35.8 Å². The molecule has 0 aliphatic heterocycles. The third-order valence-electron chi connectivity index (χ3n) is 3.43. The maximum absolute atomic E-state index is 12.3. The molecular formula is C16H18ClN3O2S. The Morgan fingerprint density at radius 2 is 1.83 bits per heavy atom. The first kappa shape index (κ1) is 17.5. The second-order valence-electron chi connectivity index (χ2n) is 5.18. The van der Waals surface area contributed by atoms with E-state index in [1.165, 1.54) is 11.3 Å². The molecule has 0 saturated heterocycles. The van der Waals surface area contributed by atoms with Gasteiger partial charge >= 0.3 is 0 Å². The number of nitrogens with two attached hydrogens (primary N) is 1. The Morgan fingerprint density at radius 1 is 1.17 bits per heavy atom. The average Bonchev–Trinajstić information content (AvgIpc) is 2.96. The molecule has 2 atom stereocenters. The van der Waals surface area contributed by atoms with Gasteiger partial charge in [0, 0.05) is 11.1 Å². The number of anilines is 1. The molecule has 0 saturated carbocycles. The van der Waals surface area contributed by atoms with Crippen LogP contribution >= 0.6 is 22.9 Å². The van der Waals surface area contributed by atoms with Crippen LogP contribution in [0.3, 0.4) is 0 Å². The molecule has 0 spiro atoms. The highest BCUT2D eigenvalue weighted by Gasteiger charge is 2.19. The quantitative estimate of drug-likeness (QED) is 0.747. The highest BCUT2D eigenvalue weighted by molar-refractivity contribution is 7.14. The molecule has 0 bridgehead atoms. The van der Waals surface area contributed by atoms with Crippen molar-refractivity contribution in [3.63, 3.8) is 0 Å². The van der Waals surface area contributed by atoms with Gasteiger partial charge in [-0.05, 0) is 43.0 Å². The number of carbonyl (C=O) groups excluding carboxylic acids is 2. The van der Waals surface area contributed by atoms with Gasteiger partial charge < -0.3 is 11.1 Å². The summed E-state index contributed by atoms with van der Waals surface area (Å²) in [6.45, 7) is 3.73. The minimum absolute atomic E-state index is 0.0213. The number of primary amides is 1. The minimum atomic E-state index is -0.559. The van der Waals surface area contributed by atoms with Gasteiger partial charge in [0.1, 0.15) is 5.00 Å². The van der Waals surface area contributed by atoms with Crippen LogP contribution in [0.25, 0.3) is 0 Å². The fourth-order valence-corrected chi connectivity index (χ4v) is 3.04. The van der Waals surface area contributed by atoms with E-state index in [0.717, 1.165) is 5.56 Å². The zero-order valence-corrected chi connectivity index (χ0v) is 14.4. The summed E-state index contributed by atoms with van der Waals surface area (Å²) >= 11 is 7.14. The Morgan fingerprint density at radius 3 is 2.43 bits per heavy atom. The number of carbonyl (C=O) groups is 2. The molecule has 1 aromatic carbocycles. The number of hydrogen-bond donors (Lipinski definition) is 3. The molecule has 1 heterocycles. The summed E-state index contributed by atoms with van der Waals surface area (Å²) in [4.78, 5) is 23.5. The maximum atomic E-state index is 12.3. The van der Waals surface area contributed by atoms with Crippen molar-refractivity contribution in [2.75, 3.05) is 5.32 Å². The van der Waals surface area contributed by atoms with Crippen LogP contribution in [0, 0.1) is 0 Å². The van der Waals surface area contributed by atoms with Crippen molar-refractivity contribution in [2.45, 2.75) is 25.9 Å². The van der Waals surface area contributed by atoms with Gasteiger partial charge in [-0.3, -0.25) is 14.9 Å². The van der Waals surface area contributed by atoms with Gasteiger partial charge in [0.15, 0.2) is 0 Å². The van der Waals surface area contributed by atoms with E-state index in [1.54, 1.807) is 18.4 Å². The standard InChI is InChI=1S/C16H18ClN3O2S/c1-9(11-3-5-12(17)6-4-11)19-10(2)15(22)20-16-13(14(18)21)7-8-23-16/h3-10,19H,1-2H3,(H2,18,21)(H,20,22)/t9-,10-/m1/s1. The smallest absolute Gasteiger partial charge is 0.251 e. The van der Waals surface area contributed by atoms with Crippen LogP contribution in [0.5, 0.6) is 0 Å². The number of halogens is 1. The lowest BCUT2D eigenvalue weighted by molar-refractivity contribution is -0.117. The van der Waals surface area contributed by atoms with Crippen LogP contribution < -0.4 is 16.4 Å². The number of rotatable bonds is 6. The number of thiophene rings is 1. The summed E-state index contributed by atoms with van der Waals surface area (Å²) in [6.07, 6.45) is 0. The molecule has 0 unspecified atom stereocenters. The highest BCUT2D eigenvalue weighted by Crippen LogP contribution is 2.23. The van der Waals surface area contributed by atoms with Crippen LogP contribution in [0.2, 0.25) is 5.02 Å². The van der Waals surface area contributed by atoms with E-state index in [2.05, 4.69) is 10.6 Å². The van der Waals surface area contributed by atoms with Gasteiger partial charge in [0.05, 0.1) is 11.6 Å². The lowest BCUT2D eigenvalue weighted by Gasteiger charge is -2.20. The van der Waals surface area contributed by atoms with Crippen molar-refractivity contribution in [3.8, 4) is 0 Å². The van der Waals surface area contributed by atoms with Gasteiger partial charge in [-0.25, -0.2) is 0 Å². The summed E-state index contributed by atoms with van der Waals surface area (Å²) in [5.41, 5.74) is 6.62. The predicted octanol–water partition coefficient (Wildman–Crippen LogP) is 3.18. The van der Waals surface area contributed by atoms with E-state index in [0.29, 0.717) is 15.6 Å². The van der Waals surface area contributed by atoms with E-state index in [-0.39, 0.29) is 11.9 Å². The van der Waals surface area contributed by atoms with E-state index in [9.17, 15) is 9.59 Å². The van der Waals surface area contributed by atoms with Gasteiger partial charge in [0.25, 0.3) is 5.91 Å². The Labute approximate surface area is 143 Å². The van der Waals surface area contributed by atoms with Gasteiger partial charge in [-0.2, -0.15) is 0 Å². The second-order valence-corrected chi connectivity index (χ2v) is 6.53.